The Morgan fingerprint density at radius 2 is 1.54 bits per heavy atom. The summed E-state index contributed by atoms with van der Waals surface area (Å²) in [6.07, 6.45) is 6.43. The van der Waals surface area contributed by atoms with E-state index in [0.29, 0.717) is 0 Å². The molecule has 1 saturated heterocycles. The molecule has 0 amide bonds. The Labute approximate surface area is 79.9 Å². The third-order valence-electron chi connectivity index (χ3n) is 2.99. The molecule has 1 heterocycles. The van der Waals surface area contributed by atoms with Crippen molar-refractivity contribution in [1.82, 2.24) is 0 Å². The molecule has 0 radical (unpaired) electrons. The lowest BCUT2D eigenvalue weighted by Crippen LogP contribution is -2.37. The number of hydrogen-bond donors (Lipinski definition) is 0. The lowest BCUT2D eigenvalue weighted by molar-refractivity contribution is -0.236. The van der Waals surface area contributed by atoms with Crippen LogP contribution in [0, 0.1) is 0 Å². The molecule has 0 bridgehead atoms. The van der Waals surface area contributed by atoms with E-state index in [9.17, 15) is 0 Å². The fourth-order valence-electron chi connectivity index (χ4n) is 2.04. The predicted octanol–water partition coefficient (Wildman–Crippen LogP) is 2.64. The summed E-state index contributed by atoms with van der Waals surface area (Å²) in [4.78, 5) is 0. The fraction of sp³-hybridized carbons (Fsp3) is 0.818. The van der Waals surface area contributed by atoms with Gasteiger partial charge >= 0.3 is 0 Å². The van der Waals surface area contributed by atoms with Gasteiger partial charge in [-0.1, -0.05) is 12.2 Å². The Hall–Kier alpha value is -0.340. The van der Waals surface area contributed by atoms with Crippen LogP contribution in [0.2, 0.25) is 0 Å². The summed E-state index contributed by atoms with van der Waals surface area (Å²) >= 11 is 0. The molecule has 0 N–H and O–H groups in total. The Kier molecular flexibility index (Phi) is 2.70. The van der Waals surface area contributed by atoms with E-state index in [0.717, 1.165) is 51.7 Å². The van der Waals surface area contributed by atoms with E-state index >= 15 is 0 Å². The zero-order valence-electron chi connectivity index (χ0n) is 8.18. The lowest BCUT2D eigenvalue weighted by Gasteiger charge is -2.36. The second-order valence-electron chi connectivity index (χ2n) is 4.06. The first-order chi connectivity index (χ1) is 6.31. The van der Waals surface area contributed by atoms with Gasteiger partial charge in [0.1, 0.15) is 0 Å². The molecule has 0 atom stereocenters. The van der Waals surface area contributed by atoms with Crippen molar-refractivity contribution in [2.45, 2.75) is 44.3 Å². The van der Waals surface area contributed by atoms with E-state index in [1.54, 1.807) is 0 Å². The molecule has 0 aromatic heterocycles. The highest BCUT2D eigenvalue weighted by molar-refractivity contribution is 5.01. The molecule has 2 fully saturated rings. The molecule has 1 spiro atoms. The van der Waals surface area contributed by atoms with Crippen LogP contribution in [-0.2, 0) is 9.47 Å². The number of ether oxygens (including phenoxy) is 2. The molecular formula is C11H18O2. The number of allylic oxidation sites excluding steroid dienone is 1. The number of rotatable bonds is 0. The zero-order valence-corrected chi connectivity index (χ0v) is 8.18. The van der Waals surface area contributed by atoms with Gasteiger partial charge in [0, 0.05) is 12.8 Å². The van der Waals surface area contributed by atoms with Gasteiger partial charge in [-0.05, 0) is 25.7 Å². The molecule has 0 unspecified atom stereocenters. The van der Waals surface area contributed by atoms with Crippen molar-refractivity contribution in [2.24, 2.45) is 0 Å². The minimum atomic E-state index is -0.238. The van der Waals surface area contributed by atoms with E-state index in [1.807, 2.05) is 0 Å². The van der Waals surface area contributed by atoms with E-state index in [2.05, 4.69) is 6.58 Å². The molecule has 1 aliphatic carbocycles. The van der Waals surface area contributed by atoms with Crippen molar-refractivity contribution in [1.29, 1.82) is 0 Å². The monoisotopic (exact) mass is 182 g/mol. The Bertz CT molecular complexity index is 178. The van der Waals surface area contributed by atoms with Gasteiger partial charge in [-0.2, -0.15) is 0 Å². The minimum Gasteiger partial charge on any atom is -0.350 e. The lowest BCUT2D eigenvalue weighted by atomic mass is 9.90. The zero-order chi connectivity index (χ0) is 9.15. The topological polar surface area (TPSA) is 18.5 Å². The highest BCUT2D eigenvalue weighted by Gasteiger charge is 2.35. The van der Waals surface area contributed by atoms with Gasteiger partial charge in [0.2, 0.25) is 0 Å². The first-order valence-corrected chi connectivity index (χ1v) is 5.25. The first-order valence-electron chi connectivity index (χ1n) is 5.25. The third-order valence-corrected chi connectivity index (χ3v) is 2.99. The van der Waals surface area contributed by atoms with Gasteiger partial charge in [0.15, 0.2) is 5.79 Å². The number of hydrogen-bond acceptors (Lipinski definition) is 2. The second-order valence-corrected chi connectivity index (χ2v) is 4.06. The maximum atomic E-state index is 5.82. The molecule has 2 aliphatic rings. The highest BCUT2D eigenvalue weighted by atomic mass is 16.7. The van der Waals surface area contributed by atoms with Gasteiger partial charge in [-0.3, -0.25) is 0 Å². The van der Waals surface area contributed by atoms with Gasteiger partial charge in [-0.15, -0.1) is 0 Å². The smallest absolute Gasteiger partial charge is 0.168 e. The van der Waals surface area contributed by atoms with Crippen LogP contribution < -0.4 is 0 Å². The molecule has 1 aliphatic heterocycles. The van der Waals surface area contributed by atoms with Crippen LogP contribution in [0.3, 0.4) is 0 Å². The maximum absolute atomic E-state index is 5.82. The molecule has 0 aromatic carbocycles. The van der Waals surface area contributed by atoms with Gasteiger partial charge < -0.3 is 9.47 Å². The van der Waals surface area contributed by atoms with Gasteiger partial charge in [0.25, 0.3) is 0 Å². The molecular weight excluding hydrogens is 164 g/mol. The van der Waals surface area contributed by atoms with Crippen LogP contribution in [0.4, 0.5) is 0 Å². The van der Waals surface area contributed by atoms with Crippen LogP contribution in [0.5, 0.6) is 0 Å². The SMILES string of the molecule is C=C1CCC2(CC1)OCCCCO2. The summed E-state index contributed by atoms with van der Waals surface area (Å²) in [5.41, 5.74) is 1.35. The highest BCUT2D eigenvalue weighted by Crippen LogP contribution is 2.36. The van der Waals surface area contributed by atoms with Crippen molar-refractivity contribution >= 4 is 0 Å². The quantitative estimate of drug-likeness (QED) is 0.536. The van der Waals surface area contributed by atoms with Crippen molar-refractivity contribution in [3.05, 3.63) is 12.2 Å². The average molecular weight is 182 g/mol. The van der Waals surface area contributed by atoms with E-state index in [1.165, 1.54) is 5.57 Å². The molecule has 74 valence electrons. The maximum Gasteiger partial charge on any atom is 0.168 e. The molecule has 2 heteroatoms. The summed E-state index contributed by atoms with van der Waals surface area (Å²) < 4.78 is 11.6. The molecule has 13 heavy (non-hydrogen) atoms. The summed E-state index contributed by atoms with van der Waals surface area (Å²) in [6, 6.07) is 0. The van der Waals surface area contributed by atoms with E-state index in [4.69, 9.17) is 9.47 Å². The van der Waals surface area contributed by atoms with Crippen LogP contribution >= 0.6 is 0 Å². The van der Waals surface area contributed by atoms with Gasteiger partial charge in [0.05, 0.1) is 13.2 Å². The molecule has 2 nitrogen and oxygen atoms in total. The standard InChI is InChI=1S/C11H18O2/c1-10-4-6-11(7-5-10)12-8-2-3-9-13-11/h1-9H2. The van der Waals surface area contributed by atoms with Crippen molar-refractivity contribution < 1.29 is 9.47 Å². The fourth-order valence-corrected chi connectivity index (χ4v) is 2.04. The minimum absolute atomic E-state index is 0.238. The second kappa shape index (κ2) is 3.81. The van der Waals surface area contributed by atoms with Crippen LogP contribution in [0.25, 0.3) is 0 Å². The third kappa shape index (κ3) is 2.12. The molecule has 1 saturated carbocycles. The molecule has 2 rings (SSSR count). The Morgan fingerprint density at radius 1 is 1.00 bits per heavy atom. The predicted molar refractivity (Wildman–Crippen MR) is 51.5 cm³/mol. The first kappa shape index (κ1) is 9.22. The van der Waals surface area contributed by atoms with E-state index in [-0.39, 0.29) is 5.79 Å². The van der Waals surface area contributed by atoms with Crippen LogP contribution in [0.15, 0.2) is 12.2 Å². The van der Waals surface area contributed by atoms with Crippen molar-refractivity contribution in [3.8, 4) is 0 Å². The Morgan fingerprint density at radius 3 is 2.08 bits per heavy atom. The summed E-state index contributed by atoms with van der Waals surface area (Å²) in [5, 5.41) is 0. The largest absolute Gasteiger partial charge is 0.350 e. The van der Waals surface area contributed by atoms with Crippen molar-refractivity contribution in [3.63, 3.8) is 0 Å². The Balaban J connectivity index is 1.97. The molecule has 0 aromatic rings. The summed E-state index contributed by atoms with van der Waals surface area (Å²) in [6.45, 7) is 5.74. The van der Waals surface area contributed by atoms with Crippen LogP contribution in [-0.4, -0.2) is 19.0 Å². The van der Waals surface area contributed by atoms with Gasteiger partial charge in [-0.25, -0.2) is 0 Å². The van der Waals surface area contributed by atoms with Crippen molar-refractivity contribution in [2.75, 3.05) is 13.2 Å². The summed E-state index contributed by atoms with van der Waals surface area (Å²) in [5.74, 6) is -0.238. The van der Waals surface area contributed by atoms with E-state index < -0.39 is 0 Å². The normalized spacial score (nSPS) is 28.8. The average Bonchev–Trinajstić information content (AvgIpc) is 2.37. The van der Waals surface area contributed by atoms with Crippen LogP contribution in [0.1, 0.15) is 38.5 Å². The summed E-state index contributed by atoms with van der Waals surface area (Å²) in [7, 11) is 0.